The van der Waals surface area contributed by atoms with Crippen LogP contribution in [-0.2, 0) is 17.6 Å². The first kappa shape index (κ1) is 16.9. The lowest BCUT2D eigenvalue weighted by Crippen LogP contribution is -2.17. The number of carbonyl (C=O) groups is 1. The maximum absolute atomic E-state index is 12.5. The van der Waals surface area contributed by atoms with Gasteiger partial charge < -0.3 is 9.84 Å². The molecular weight excluding hydrogens is 344 g/mol. The van der Waals surface area contributed by atoms with Crippen LogP contribution in [0.15, 0.2) is 47.1 Å². The van der Waals surface area contributed by atoms with Crippen LogP contribution in [0.1, 0.15) is 24.1 Å². The van der Waals surface area contributed by atoms with Crippen molar-refractivity contribution >= 4 is 17.2 Å². The van der Waals surface area contributed by atoms with Gasteiger partial charge in [0.05, 0.1) is 12.0 Å². The molecule has 136 valence electrons. The first-order valence-corrected chi connectivity index (χ1v) is 8.66. The smallest absolute Gasteiger partial charge is 0.259 e. The summed E-state index contributed by atoms with van der Waals surface area (Å²) in [5.74, 6) is 1.36. The zero-order valence-electron chi connectivity index (χ0n) is 15.0. The molecule has 0 atom stereocenters. The van der Waals surface area contributed by atoms with E-state index in [0.29, 0.717) is 23.2 Å². The number of hydrogen-bond acceptors (Lipinski definition) is 6. The van der Waals surface area contributed by atoms with E-state index in [1.54, 1.807) is 23.6 Å². The van der Waals surface area contributed by atoms with Crippen molar-refractivity contribution in [2.24, 2.45) is 0 Å². The highest BCUT2D eigenvalue weighted by Gasteiger charge is 2.14. The van der Waals surface area contributed by atoms with Gasteiger partial charge in [-0.15, -0.1) is 10.2 Å². The first-order chi connectivity index (χ1) is 13.1. The summed E-state index contributed by atoms with van der Waals surface area (Å²) in [7, 11) is 0. The van der Waals surface area contributed by atoms with E-state index in [1.807, 2.05) is 30.3 Å². The Balaban J connectivity index is 1.59. The Labute approximate surface area is 155 Å². The molecule has 1 N–H and O–H groups in total. The molecule has 0 saturated carbocycles. The second-order valence-electron chi connectivity index (χ2n) is 6.14. The van der Waals surface area contributed by atoms with E-state index in [9.17, 15) is 4.79 Å². The number of benzene rings is 1. The molecule has 3 aromatic heterocycles. The van der Waals surface area contributed by atoms with Crippen LogP contribution in [-0.4, -0.2) is 30.6 Å². The summed E-state index contributed by atoms with van der Waals surface area (Å²) in [6, 6.07) is 11.4. The third-order valence-electron chi connectivity index (χ3n) is 4.24. The highest BCUT2D eigenvalue weighted by molar-refractivity contribution is 5.92. The summed E-state index contributed by atoms with van der Waals surface area (Å²) in [6.45, 7) is 3.81. The van der Waals surface area contributed by atoms with E-state index in [0.717, 1.165) is 23.2 Å². The van der Waals surface area contributed by atoms with E-state index in [4.69, 9.17) is 4.52 Å². The Morgan fingerprint density at radius 2 is 2.04 bits per heavy atom. The molecule has 0 aliphatic rings. The predicted octanol–water partition coefficient (Wildman–Crippen LogP) is 2.83. The van der Waals surface area contributed by atoms with Gasteiger partial charge in [0.25, 0.3) is 5.89 Å². The molecule has 27 heavy (non-hydrogen) atoms. The number of para-hydroxylation sites is 1. The molecule has 0 radical (unpaired) electrons. The largest absolute Gasteiger partial charge is 0.334 e. The molecule has 4 rings (SSSR count). The van der Waals surface area contributed by atoms with Gasteiger partial charge in [-0.05, 0) is 37.1 Å². The Kier molecular flexibility index (Phi) is 4.37. The molecule has 0 aliphatic heterocycles. The number of aryl methyl sites for hydroxylation is 2. The number of fused-ring (bicyclic) bond motifs is 1. The Bertz CT molecular complexity index is 1110. The molecule has 4 aromatic rings. The fraction of sp³-hybridized carbons (Fsp3) is 0.211. The Morgan fingerprint density at radius 1 is 1.19 bits per heavy atom. The molecule has 0 aliphatic carbocycles. The summed E-state index contributed by atoms with van der Waals surface area (Å²) in [6.07, 6.45) is 2.74. The highest BCUT2D eigenvalue weighted by Crippen LogP contribution is 2.19. The van der Waals surface area contributed by atoms with Crippen molar-refractivity contribution in [3.63, 3.8) is 0 Å². The van der Waals surface area contributed by atoms with Gasteiger partial charge in [-0.25, -0.2) is 0 Å². The van der Waals surface area contributed by atoms with Gasteiger partial charge in [-0.2, -0.15) is 4.98 Å². The van der Waals surface area contributed by atoms with Gasteiger partial charge in [-0.3, -0.25) is 9.20 Å². The van der Waals surface area contributed by atoms with E-state index in [2.05, 4.69) is 32.6 Å². The summed E-state index contributed by atoms with van der Waals surface area (Å²) >= 11 is 0. The van der Waals surface area contributed by atoms with Crippen LogP contribution in [0.4, 0.5) is 5.69 Å². The summed E-state index contributed by atoms with van der Waals surface area (Å²) < 4.78 is 6.97. The average Bonchev–Trinajstić information content (AvgIpc) is 3.28. The van der Waals surface area contributed by atoms with Crippen molar-refractivity contribution in [1.82, 2.24) is 24.7 Å². The van der Waals surface area contributed by atoms with Crippen LogP contribution in [0.2, 0.25) is 0 Å². The van der Waals surface area contributed by atoms with Gasteiger partial charge in [0.1, 0.15) is 5.82 Å². The monoisotopic (exact) mass is 362 g/mol. The minimum atomic E-state index is -0.149. The standard InChI is InChI=1S/C19H18N6O2/c1-3-13-6-4-5-7-15(13)21-18(26)10-17-23-22-16-9-8-14(11-25(16)17)19-20-12(2)24-27-19/h4-9,11H,3,10H2,1-2H3,(H,21,26). The van der Waals surface area contributed by atoms with E-state index in [1.165, 1.54) is 0 Å². The molecule has 0 spiro atoms. The zero-order chi connectivity index (χ0) is 18.8. The van der Waals surface area contributed by atoms with Crippen molar-refractivity contribution in [1.29, 1.82) is 0 Å². The molecule has 8 heteroatoms. The van der Waals surface area contributed by atoms with Gasteiger partial charge >= 0.3 is 0 Å². The number of nitrogens with zero attached hydrogens (tertiary/aromatic N) is 5. The Hall–Kier alpha value is -3.55. The van der Waals surface area contributed by atoms with Crippen LogP contribution < -0.4 is 5.32 Å². The third kappa shape index (κ3) is 3.41. The molecular formula is C19H18N6O2. The lowest BCUT2D eigenvalue weighted by molar-refractivity contribution is -0.115. The maximum Gasteiger partial charge on any atom is 0.259 e. The molecule has 8 nitrogen and oxygen atoms in total. The maximum atomic E-state index is 12.5. The van der Waals surface area contributed by atoms with Crippen LogP contribution in [0.5, 0.6) is 0 Å². The number of carbonyl (C=O) groups excluding carboxylic acids is 1. The van der Waals surface area contributed by atoms with Crippen molar-refractivity contribution in [3.8, 4) is 11.5 Å². The molecule has 3 heterocycles. The molecule has 0 fully saturated rings. The first-order valence-electron chi connectivity index (χ1n) is 8.66. The highest BCUT2D eigenvalue weighted by atomic mass is 16.5. The van der Waals surface area contributed by atoms with E-state index < -0.39 is 0 Å². The predicted molar refractivity (Wildman–Crippen MR) is 99.2 cm³/mol. The topological polar surface area (TPSA) is 98.2 Å². The number of amides is 1. The number of pyridine rings is 1. The van der Waals surface area contributed by atoms with E-state index >= 15 is 0 Å². The normalized spacial score (nSPS) is 11.0. The SMILES string of the molecule is CCc1ccccc1NC(=O)Cc1nnc2ccc(-c3nc(C)no3)cn12. The fourth-order valence-corrected chi connectivity index (χ4v) is 2.89. The van der Waals surface area contributed by atoms with Crippen LogP contribution in [0.3, 0.4) is 0 Å². The quantitative estimate of drug-likeness (QED) is 0.586. The minimum Gasteiger partial charge on any atom is -0.334 e. The number of rotatable bonds is 5. The van der Waals surface area contributed by atoms with Gasteiger partial charge in [0.15, 0.2) is 11.5 Å². The molecule has 1 amide bonds. The van der Waals surface area contributed by atoms with Gasteiger partial charge in [0.2, 0.25) is 5.91 Å². The molecule has 0 saturated heterocycles. The van der Waals surface area contributed by atoms with Crippen molar-refractivity contribution in [2.75, 3.05) is 5.32 Å². The number of hydrogen-bond donors (Lipinski definition) is 1. The van der Waals surface area contributed by atoms with Crippen LogP contribution in [0, 0.1) is 6.92 Å². The summed E-state index contributed by atoms with van der Waals surface area (Å²) in [4.78, 5) is 16.7. The van der Waals surface area contributed by atoms with Crippen LogP contribution >= 0.6 is 0 Å². The van der Waals surface area contributed by atoms with Gasteiger partial charge in [-0.1, -0.05) is 30.3 Å². The summed E-state index contributed by atoms with van der Waals surface area (Å²) in [5.41, 5.74) is 3.29. The lowest BCUT2D eigenvalue weighted by Gasteiger charge is -2.09. The second kappa shape index (κ2) is 6.99. The van der Waals surface area contributed by atoms with Gasteiger partial charge in [0, 0.05) is 11.9 Å². The number of aromatic nitrogens is 5. The van der Waals surface area contributed by atoms with Crippen molar-refractivity contribution in [3.05, 3.63) is 59.8 Å². The molecule has 1 aromatic carbocycles. The average molecular weight is 362 g/mol. The zero-order valence-corrected chi connectivity index (χ0v) is 15.0. The lowest BCUT2D eigenvalue weighted by atomic mass is 10.1. The third-order valence-corrected chi connectivity index (χ3v) is 4.24. The Morgan fingerprint density at radius 3 is 2.81 bits per heavy atom. The minimum absolute atomic E-state index is 0.103. The van der Waals surface area contributed by atoms with Crippen molar-refractivity contribution < 1.29 is 9.32 Å². The molecule has 0 unspecified atom stereocenters. The number of anilines is 1. The molecule has 0 bridgehead atoms. The fourth-order valence-electron chi connectivity index (χ4n) is 2.89. The van der Waals surface area contributed by atoms with E-state index in [-0.39, 0.29) is 12.3 Å². The number of nitrogens with one attached hydrogen (secondary N) is 1. The van der Waals surface area contributed by atoms with Crippen LogP contribution in [0.25, 0.3) is 17.1 Å². The summed E-state index contributed by atoms with van der Waals surface area (Å²) in [5, 5.41) is 15.0. The second-order valence-corrected chi connectivity index (χ2v) is 6.14. The van der Waals surface area contributed by atoms with Crippen molar-refractivity contribution in [2.45, 2.75) is 26.7 Å².